The van der Waals surface area contributed by atoms with Gasteiger partial charge in [-0.3, -0.25) is 10.2 Å². The summed E-state index contributed by atoms with van der Waals surface area (Å²) in [5.74, 6) is 0.328. The minimum Gasteiger partial charge on any atom is -0.494 e. The molecule has 1 amide bonds. The molecule has 5 rings (SSSR count). The van der Waals surface area contributed by atoms with Crippen LogP contribution < -0.4 is 15.6 Å². The second-order valence-electron chi connectivity index (χ2n) is 11.1. The number of rotatable bonds is 16. The van der Waals surface area contributed by atoms with Crippen LogP contribution in [-0.2, 0) is 28.9 Å². The molecule has 0 unspecified atom stereocenters. The van der Waals surface area contributed by atoms with Crippen LogP contribution in [0, 0.1) is 0 Å². The van der Waals surface area contributed by atoms with Gasteiger partial charge in [-0.05, 0) is 76.1 Å². The van der Waals surface area contributed by atoms with Crippen LogP contribution in [0.2, 0.25) is 5.02 Å². The SMILES string of the molecule is [N-]=[N+]=NCc1ccccc1[C@@H]1OC(c2ccc(OCCCO)cc2)=N[C@]1(Cc1ccccc1N=[N+]=[N-])C(=O)NNCCc1ccc(Cl)cc1. The largest absolute Gasteiger partial charge is 0.494 e. The fraction of sp³-hybridized carbons (Fsp3) is 0.257. The predicted octanol–water partition coefficient (Wildman–Crippen LogP) is 7.22. The van der Waals surface area contributed by atoms with Gasteiger partial charge in [0.25, 0.3) is 5.91 Å². The molecule has 1 aliphatic heterocycles. The lowest BCUT2D eigenvalue weighted by Gasteiger charge is -2.32. The van der Waals surface area contributed by atoms with Crippen LogP contribution in [-0.4, -0.2) is 42.2 Å². The van der Waals surface area contributed by atoms with Crippen molar-refractivity contribution in [2.45, 2.75) is 37.5 Å². The van der Waals surface area contributed by atoms with Crippen molar-refractivity contribution in [3.8, 4) is 5.75 Å². The standard InChI is InChI=1S/C35H34ClN9O4/c36-28-14-10-24(11-15-28)18-19-39-43-34(47)35(22-26-6-2-4-9-31(26)42-45-38)32(30-8-3-1-7-27(30)23-40-44-37)49-33(41-35)25-12-16-29(17-13-25)48-21-5-20-46/h1-4,6-17,32,39,46H,5,18-23H2,(H,43,47)/t32-,35-/m0/s1. The minimum absolute atomic E-state index is 0.000730. The van der Waals surface area contributed by atoms with Gasteiger partial charge in [-0.25, -0.2) is 10.4 Å². The van der Waals surface area contributed by atoms with Gasteiger partial charge >= 0.3 is 0 Å². The molecule has 0 saturated carbocycles. The lowest BCUT2D eigenvalue weighted by atomic mass is 9.80. The molecule has 4 aromatic carbocycles. The molecule has 4 aromatic rings. The second kappa shape index (κ2) is 17.0. The average molecular weight is 680 g/mol. The number of hydrogen-bond acceptors (Lipinski definition) is 8. The molecule has 1 heterocycles. The number of nitrogens with zero attached hydrogens (tertiary/aromatic N) is 7. The highest BCUT2D eigenvalue weighted by atomic mass is 35.5. The number of benzene rings is 4. The Bertz CT molecular complexity index is 1870. The molecule has 250 valence electrons. The van der Waals surface area contributed by atoms with Crippen molar-refractivity contribution >= 4 is 29.1 Å². The van der Waals surface area contributed by atoms with Gasteiger partial charge in [0.1, 0.15) is 5.75 Å². The molecule has 3 N–H and O–H groups in total. The first-order valence-electron chi connectivity index (χ1n) is 15.6. The lowest BCUT2D eigenvalue weighted by molar-refractivity contribution is -0.130. The Morgan fingerprint density at radius 2 is 1.71 bits per heavy atom. The topological polar surface area (TPSA) is 190 Å². The van der Waals surface area contributed by atoms with Crippen molar-refractivity contribution in [2.75, 3.05) is 19.8 Å². The molecule has 0 spiro atoms. The summed E-state index contributed by atoms with van der Waals surface area (Å²) < 4.78 is 12.3. The molecule has 0 saturated heterocycles. The maximum absolute atomic E-state index is 14.6. The summed E-state index contributed by atoms with van der Waals surface area (Å²) in [7, 11) is 0. The van der Waals surface area contributed by atoms with Crippen LogP contribution in [0.4, 0.5) is 5.69 Å². The summed E-state index contributed by atoms with van der Waals surface area (Å²) >= 11 is 6.03. The van der Waals surface area contributed by atoms with Crippen molar-refractivity contribution < 1.29 is 19.4 Å². The van der Waals surface area contributed by atoms with Gasteiger partial charge in [-0.2, -0.15) is 0 Å². The van der Waals surface area contributed by atoms with Crippen molar-refractivity contribution in [1.29, 1.82) is 0 Å². The number of hydrogen-bond donors (Lipinski definition) is 3. The average Bonchev–Trinajstić information content (AvgIpc) is 3.51. The zero-order chi connectivity index (χ0) is 34.5. The Morgan fingerprint density at radius 1 is 0.980 bits per heavy atom. The molecule has 13 nitrogen and oxygen atoms in total. The monoisotopic (exact) mass is 679 g/mol. The number of aliphatic hydroxyl groups excluding tert-OH is 1. The van der Waals surface area contributed by atoms with Crippen LogP contribution in [0.3, 0.4) is 0 Å². The van der Waals surface area contributed by atoms with Gasteiger partial charge < -0.3 is 14.6 Å². The number of carbonyl (C=O) groups excluding carboxylic acids is 1. The highest BCUT2D eigenvalue weighted by Crippen LogP contribution is 2.44. The summed E-state index contributed by atoms with van der Waals surface area (Å²) in [5.41, 5.74) is 26.5. The van der Waals surface area contributed by atoms with E-state index in [-0.39, 0.29) is 25.5 Å². The molecule has 2 atom stereocenters. The van der Waals surface area contributed by atoms with E-state index in [1.165, 1.54) is 0 Å². The number of hydrazine groups is 1. The number of azide groups is 2. The summed E-state index contributed by atoms with van der Waals surface area (Å²) in [6, 6.07) is 28.8. The number of aliphatic imine (C=N–C) groups is 1. The molecule has 0 bridgehead atoms. The molecule has 0 radical (unpaired) electrons. The van der Waals surface area contributed by atoms with E-state index < -0.39 is 17.6 Å². The smallest absolute Gasteiger partial charge is 0.266 e. The molecule has 14 heteroatoms. The highest BCUT2D eigenvalue weighted by molar-refractivity contribution is 6.30. The Balaban J connectivity index is 1.57. The molecule has 0 aromatic heterocycles. The van der Waals surface area contributed by atoms with E-state index in [4.69, 9.17) is 36.7 Å². The van der Waals surface area contributed by atoms with E-state index in [1.54, 1.807) is 48.5 Å². The lowest BCUT2D eigenvalue weighted by Crippen LogP contribution is -2.54. The number of amides is 1. The molecule has 0 fully saturated rings. The number of carbonyl (C=O) groups is 1. The second-order valence-corrected chi connectivity index (χ2v) is 11.6. The van der Waals surface area contributed by atoms with Gasteiger partial charge in [0.15, 0.2) is 11.6 Å². The molecule has 0 aliphatic carbocycles. The van der Waals surface area contributed by atoms with Gasteiger partial charge in [-0.15, -0.1) is 0 Å². The van der Waals surface area contributed by atoms with E-state index in [0.29, 0.717) is 64.7 Å². The van der Waals surface area contributed by atoms with Crippen molar-refractivity contribution in [2.24, 2.45) is 15.2 Å². The van der Waals surface area contributed by atoms with E-state index in [2.05, 4.69) is 30.9 Å². The first-order valence-corrected chi connectivity index (χ1v) is 15.9. The maximum atomic E-state index is 14.6. The van der Waals surface area contributed by atoms with E-state index in [1.807, 2.05) is 48.5 Å². The van der Waals surface area contributed by atoms with Crippen molar-refractivity contribution in [3.63, 3.8) is 0 Å². The third-order valence-electron chi connectivity index (χ3n) is 7.93. The maximum Gasteiger partial charge on any atom is 0.266 e. The molecule has 1 aliphatic rings. The number of ether oxygens (including phenoxy) is 2. The fourth-order valence-electron chi connectivity index (χ4n) is 5.51. The summed E-state index contributed by atoms with van der Waals surface area (Å²) in [5, 5.41) is 17.4. The van der Waals surface area contributed by atoms with E-state index in [9.17, 15) is 10.3 Å². The minimum atomic E-state index is -1.62. The third-order valence-corrected chi connectivity index (χ3v) is 8.18. The third kappa shape index (κ3) is 8.68. The number of aliphatic hydroxyl groups is 1. The fourth-order valence-corrected chi connectivity index (χ4v) is 5.63. The zero-order valence-electron chi connectivity index (χ0n) is 26.4. The van der Waals surface area contributed by atoms with E-state index in [0.717, 1.165) is 5.56 Å². The first-order chi connectivity index (χ1) is 24.0. The Morgan fingerprint density at radius 3 is 2.45 bits per heavy atom. The van der Waals surface area contributed by atoms with Crippen molar-refractivity contribution in [3.05, 3.63) is 151 Å². The number of nitrogens with one attached hydrogen (secondary N) is 2. The summed E-state index contributed by atoms with van der Waals surface area (Å²) in [6.07, 6.45) is 0.127. The first kappa shape index (κ1) is 34.8. The van der Waals surface area contributed by atoms with Gasteiger partial charge in [-0.1, -0.05) is 82.5 Å². The van der Waals surface area contributed by atoms with Crippen LogP contribution in [0.5, 0.6) is 5.75 Å². The molecular formula is C35H34ClN9O4. The quantitative estimate of drug-likeness (QED) is 0.0370. The normalized spacial score (nSPS) is 16.4. The summed E-state index contributed by atoms with van der Waals surface area (Å²) in [4.78, 5) is 25.5. The summed E-state index contributed by atoms with van der Waals surface area (Å²) in [6.45, 7) is 0.810. The van der Waals surface area contributed by atoms with Crippen LogP contribution >= 0.6 is 11.6 Å². The van der Waals surface area contributed by atoms with Crippen LogP contribution in [0.25, 0.3) is 20.9 Å². The van der Waals surface area contributed by atoms with Gasteiger partial charge in [0, 0.05) is 52.1 Å². The Labute approximate surface area is 287 Å². The number of halogens is 1. The Kier molecular flexibility index (Phi) is 12.1. The Hall–Kier alpha value is -5.55. The molecule has 49 heavy (non-hydrogen) atoms. The predicted molar refractivity (Wildman–Crippen MR) is 186 cm³/mol. The zero-order valence-corrected chi connectivity index (χ0v) is 27.2. The highest BCUT2D eigenvalue weighted by Gasteiger charge is 2.54. The van der Waals surface area contributed by atoms with Crippen LogP contribution in [0.1, 0.15) is 40.3 Å². The van der Waals surface area contributed by atoms with Gasteiger partial charge in [0.2, 0.25) is 5.90 Å². The van der Waals surface area contributed by atoms with Crippen LogP contribution in [0.15, 0.2) is 112 Å². The molecular weight excluding hydrogens is 646 g/mol. The van der Waals surface area contributed by atoms with Crippen molar-refractivity contribution in [1.82, 2.24) is 10.9 Å². The van der Waals surface area contributed by atoms with E-state index >= 15 is 0 Å². The van der Waals surface area contributed by atoms with Gasteiger partial charge in [0.05, 0.1) is 13.2 Å².